The average molecular weight is 296 g/mol. The number of aldehydes is 2. The Morgan fingerprint density at radius 1 is 0.773 bits per heavy atom. The van der Waals surface area contributed by atoms with Crippen molar-refractivity contribution in [2.45, 2.75) is 24.9 Å². The molecule has 0 saturated carbocycles. The van der Waals surface area contributed by atoms with Crippen LogP contribution in [0.5, 0.6) is 0 Å². The van der Waals surface area contributed by atoms with E-state index in [2.05, 4.69) is 18.2 Å². The van der Waals surface area contributed by atoms with Gasteiger partial charge in [-0.05, 0) is 41.2 Å². The molecule has 0 aliphatic heterocycles. The van der Waals surface area contributed by atoms with Crippen LogP contribution >= 0.6 is 0 Å². The molecule has 3 rings (SSSR count). The van der Waals surface area contributed by atoms with Gasteiger partial charge in [-0.2, -0.15) is 0 Å². The maximum absolute atomic E-state index is 10.2. The van der Waals surface area contributed by atoms with Crippen molar-refractivity contribution in [2.75, 3.05) is 0 Å². The fourth-order valence-corrected chi connectivity index (χ4v) is 2.20. The molecule has 4 heteroatoms. The predicted molar refractivity (Wildman–Crippen MR) is 87.4 cm³/mol. The van der Waals surface area contributed by atoms with Crippen molar-refractivity contribution in [3.8, 4) is 11.1 Å². The van der Waals surface area contributed by atoms with Gasteiger partial charge in [0, 0.05) is 0 Å². The molecule has 0 radical (unpaired) electrons. The molecule has 4 N–H and O–H groups in total. The van der Waals surface area contributed by atoms with Crippen LogP contribution in [0.1, 0.15) is 11.1 Å². The third-order valence-electron chi connectivity index (χ3n) is 3.38. The molecule has 0 spiro atoms. The van der Waals surface area contributed by atoms with Crippen LogP contribution in [0.4, 0.5) is 0 Å². The van der Waals surface area contributed by atoms with Crippen LogP contribution in [0, 0.1) is 0 Å². The molecule has 114 valence electrons. The van der Waals surface area contributed by atoms with Gasteiger partial charge in [0.1, 0.15) is 12.6 Å². The second kappa shape index (κ2) is 7.64. The minimum atomic E-state index is -0.364. The number of rotatable bonds is 6. The van der Waals surface area contributed by atoms with Gasteiger partial charge < -0.3 is 21.1 Å². The van der Waals surface area contributed by atoms with Crippen molar-refractivity contribution < 1.29 is 9.59 Å². The molecule has 2 aliphatic carbocycles. The summed E-state index contributed by atoms with van der Waals surface area (Å²) in [5.74, 6) is 0. The van der Waals surface area contributed by atoms with Crippen LogP contribution in [-0.4, -0.2) is 24.7 Å². The van der Waals surface area contributed by atoms with Gasteiger partial charge in [0.15, 0.2) is 0 Å². The third-order valence-corrected chi connectivity index (χ3v) is 3.38. The Kier molecular flexibility index (Phi) is 5.58. The highest BCUT2D eigenvalue weighted by Gasteiger charge is 2.14. The van der Waals surface area contributed by atoms with E-state index in [4.69, 9.17) is 11.5 Å². The molecule has 1 aromatic carbocycles. The fourth-order valence-electron chi connectivity index (χ4n) is 2.20. The largest absolute Gasteiger partial charge is 0.321 e. The van der Waals surface area contributed by atoms with Gasteiger partial charge in [-0.3, -0.25) is 0 Å². The highest BCUT2D eigenvalue weighted by molar-refractivity contribution is 5.82. The van der Waals surface area contributed by atoms with E-state index in [1.165, 1.54) is 16.7 Å². The lowest BCUT2D eigenvalue weighted by Crippen LogP contribution is -2.23. The summed E-state index contributed by atoms with van der Waals surface area (Å²) in [5, 5.41) is 0. The highest BCUT2D eigenvalue weighted by Crippen LogP contribution is 2.36. The fraction of sp³-hybridized carbons (Fsp3) is 0.222. The Bertz CT molecular complexity index is 607. The number of carbonyl (C=O) groups excluding carboxylic acids is 2. The lowest BCUT2D eigenvalue weighted by molar-refractivity contribution is -0.109. The van der Waals surface area contributed by atoms with E-state index in [9.17, 15) is 9.59 Å². The molecule has 0 heterocycles. The van der Waals surface area contributed by atoms with E-state index in [1.54, 1.807) is 0 Å². The normalized spacial score (nSPS) is 13.4. The Morgan fingerprint density at radius 3 is 1.77 bits per heavy atom. The van der Waals surface area contributed by atoms with E-state index in [1.807, 2.05) is 30.3 Å². The van der Waals surface area contributed by atoms with Crippen LogP contribution in [0.25, 0.3) is 11.1 Å². The van der Waals surface area contributed by atoms with Crippen molar-refractivity contribution in [3.05, 3.63) is 59.7 Å². The van der Waals surface area contributed by atoms with Gasteiger partial charge in [0.05, 0.1) is 12.1 Å². The minimum absolute atomic E-state index is 0.337. The number of carbonyl (C=O) groups is 2. The molecule has 0 unspecified atom stereocenters. The number of fused-ring (bicyclic) bond motifs is 1. The van der Waals surface area contributed by atoms with E-state index < -0.39 is 0 Å². The number of nitrogens with two attached hydrogens (primary N) is 2. The number of hydrogen-bond donors (Lipinski definition) is 2. The molecule has 2 atom stereocenters. The molecule has 0 fully saturated rings. The summed E-state index contributed by atoms with van der Waals surface area (Å²) in [7, 11) is 0. The number of hydrogen-bond acceptors (Lipinski definition) is 4. The van der Waals surface area contributed by atoms with E-state index in [0.717, 1.165) is 18.1 Å². The van der Waals surface area contributed by atoms with Gasteiger partial charge in [-0.1, -0.05) is 42.5 Å². The van der Waals surface area contributed by atoms with Crippen molar-refractivity contribution in [2.24, 2.45) is 11.5 Å². The zero-order valence-electron chi connectivity index (χ0n) is 12.3. The summed E-state index contributed by atoms with van der Waals surface area (Å²) in [6.07, 6.45) is 2.86. The molecular formula is C18H20N2O2. The summed E-state index contributed by atoms with van der Waals surface area (Å²) in [6, 6.07) is 15.3. The second-order valence-corrected chi connectivity index (χ2v) is 5.41. The summed E-state index contributed by atoms with van der Waals surface area (Å²) >= 11 is 0. The van der Waals surface area contributed by atoms with Crippen molar-refractivity contribution in [3.63, 3.8) is 0 Å². The molecule has 4 nitrogen and oxygen atoms in total. The first-order chi connectivity index (χ1) is 10.6. The smallest absolute Gasteiger partial charge is 0.137 e. The molecule has 0 bridgehead atoms. The Hall–Kier alpha value is -2.30. The van der Waals surface area contributed by atoms with Crippen LogP contribution in [0.15, 0.2) is 48.5 Å². The topological polar surface area (TPSA) is 86.2 Å². The van der Waals surface area contributed by atoms with Crippen LogP contribution in [0.2, 0.25) is 0 Å². The first-order valence-electron chi connectivity index (χ1n) is 7.22. The van der Waals surface area contributed by atoms with Gasteiger partial charge in [0.2, 0.25) is 0 Å². The van der Waals surface area contributed by atoms with Crippen LogP contribution in [0.3, 0.4) is 0 Å². The van der Waals surface area contributed by atoms with E-state index in [0.29, 0.717) is 12.8 Å². The Balaban J connectivity index is 0.000000160. The molecular weight excluding hydrogens is 276 g/mol. The lowest BCUT2D eigenvalue weighted by atomic mass is 10.1. The molecule has 0 aromatic heterocycles. The predicted octanol–water partition coefficient (Wildman–Crippen LogP) is 1.49. The van der Waals surface area contributed by atoms with Gasteiger partial charge in [-0.15, -0.1) is 0 Å². The lowest BCUT2D eigenvalue weighted by Gasteiger charge is -2.02. The first-order valence-corrected chi connectivity index (χ1v) is 7.22. The van der Waals surface area contributed by atoms with Crippen molar-refractivity contribution in [1.29, 1.82) is 0 Å². The molecule has 22 heavy (non-hydrogen) atoms. The van der Waals surface area contributed by atoms with Gasteiger partial charge >= 0.3 is 0 Å². The third kappa shape index (κ3) is 4.91. The Morgan fingerprint density at radius 2 is 1.27 bits per heavy atom. The zero-order chi connectivity index (χ0) is 15.9. The zero-order valence-corrected chi connectivity index (χ0v) is 12.3. The average Bonchev–Trinajstić information content (AvgIpc) is 3.15. The first kappa shape index (κ1) is 16.1. The van der Waals surface area contributed by atoms with Crippen LogP contribution in [-0.2, 0) is 22.4 Å². The van der Waals surface area contributed by atoms with Crippen molar-refractivity contribution in [1.82, 2.24) is 0 Å². The van der Waals surface area contributed by atoms with Crippen LogP contribution < -0.4 is 11.5 Å². The number of benzene rings is 2. The van der Waals surface area contributed by atoms with Gasteiger partial charge in [0.25, 0.3) is 0 Å². The highest BCUT2D eigenvalue weighted by atomic mass is 16.1. The monoisotopic (exact) mass is 296 g/mol. The quantitative estimate of drug-likeness (QED) is 0.675. The SMILES string of the molecule is N[C@@H](C=O)Cc1cc2cc-2c1.N[C@@H](C=O)Cc1ccccc1. The summed E-state index contributed by atoms with van der Waals surface area (Å²) < 4.78 is 0. The second-order valence-electron chi connectivity index (χ2n) is 5.41. The molecule has 0 saturated heterocycles. The van der Waals surface area contributed by atoms with Crippen molar-refractivity contribution >= 4 is 12.6 Å². The molecule has 1 aromatic rings. The summed E-state index contributed by atoms with van der Waals surface area (Å²) in [6.45, 7) is 0. The van der Waals surface area contributed by atoms with Gasteiger partial charge in [-0.25, -0.2) is 0 Å². The molecule has 2 aliphatic rings. The maximum Gasteiger partial charge on any atom is 0.137 e. The summed E-state index contributed by atoms with van der Waals surface area (Å²) in [5.41, 5.74) is 15.8. The standard InChI is InChI=1S/C9H9NO.C9H11NO/c10-9(5-11)3-6-1-7-4-8(7)2-6;10-9(7-11)6-8-4-2-1-3-5-8/h1-2,4-5,9H,3,10H2;1-5,7,9H,6,10H2/t2*9-/m11/s1. The van der Waals surface area contributed by atoms with E-state index >= 15 is 0 Å². The summed E-state index contributed by atoms with van der Waals surface area (Å²) in [4.78, 5) is 20.4. The molecule has 0 amide bonds. The maximum atomic E-state index is 10.2. The Labute approximate surface area is 130 Å². The van der Waals surface area contributed by atoms with E-state index in [-0.39, 0.29) is 12.1 Å². The minimum Gasteiger partial charge on any atom is -0.321 e.